The minimum Gasteiger partial charge on any atom is -0.486 e. The molecule has 0 radical (unpaired) electrons. The Morgan fingerprint density at radius 2 is 1.80 bits per heavy atom. The maximum atomic E-state index is 13.4. The lowest BCUT2D eigenvalue weighted by Gasteiger charge is -2.23. The molecule has 3 rings (SSSR count). The molecule has 1 aliphatic carbocycles. The van der Waals surface area contributed by atoms with Crippen LogP contribution in [-0.2, 0) is 5.60 Å². The molecule has 0 amide bonds. The van der Waals surface area contributed by atoms with Crippen LogP contribution >= 0.6 is 0 Å². The summed E-state index contributed by atoms with van der Waals surface area (Å²) in [5.74, 6) is 0.0815. The molecule has 80 valence electrons. The largest absolute Gasteiger partial charge is 0.486 e. The van der Waals surface area contributed by atoms with Crippen LogP contribution in [0.3, 0.4) is 0 Å². The number of hydrogen-bond acceptors (Lipinski definition) is 3. The SMILES string of the molecule is OC1(c2ccc(F)c3c2OCCO3)CC1. The summed E-state index contributed by atoms with van der Waals surface area (Å²) in [6.45, 7) is 0.755. The molecule has 1 aliphatic heterocycles. The number of ether oxygens (including phenoxy) is 2. The molecule has 0 unspecified atom stereocenters. The van der Waals surface area contributed by atoms with E-state index in [1.165, 1.54) is 6.07 Å². The fourth-order valence-corrected chi connectivity index (χ4v) is 1.86. The van der Waals surface area contributed by atoms with Gasteiger partial charge in [-0.2, -0.15) is 0 Å². The summed E-state index contributed by atoms with van der Waals surface area (Å²) in [6.07, 6.45) is 1.41. The van der Waals surface area contributed by atoms with Crippen LogP contribution in [0, 0.1) is 5.82 Å². The first kappa shape index (κ1) is 8.97. The Hall–Kier alpha value is -1.29. The van der Waals surface area contributed by atoms with E-state index in [1.807, 2.05) is 0 Å². The van der Waals surface area contributed by atoms with Crippen molar-refractivity contribution in [2.24, 2.45) is 0 Å². The van der Waals surface area contributed by atoms with Crippen LogP contribution in [-0.4, -0.2) is 18.3 Å². The molecule has 1 N–H and O–H groups in total. The first-order chi connectivity index (χ1) is 7.21. The van der Waals surface area contributed by atoms with Gasteiger partial charge >= 0.3 is 0 Å². The van der Waals surface area contributed by atoms with Gasteiger partial charge < -0.3 is 14.6 Å². The molecule has 1 aromatic rings. The normalized spacial score (nSPS) is 21.2. The Morgan fingerprint density at radius 3 is 2.47 bits per heavy atom. The first-order valence-electron chi connectivity index (χ1n) is 5.02. The average Bonchev–Trinajstić information content (AvgIpc) is 2.98. The summed E-state index contributed by atoms with van der Waals surface area (Å²) < 4.78 is 24.0. The minimum absolute atomic E-state index is 0.138. The summed E-state index contributed by atoms with van der Waals surface area (Å²) in [5, 5.41) is 9.99. The summed E-state index contributed by atoms with van der Waals surface area (Å²) in [4.78, 5) is 0. The zero-order chi connectivity index (χ0) is 10.5. The van der Waals surface area contributed by atoms with Crippen LogP contribution in [0.2, 0.25) is 0 Å². The molecular formula is C11H11FO3. The van der Waals surface area contributed by atoms with E-state index in [2.05, 4.69) is 0 Å². The number of rotatable bonds is 1. The maximum absolute atomic E-state index is 13.4. The molecule has 0 atom stereocenters. The summed E-state index contributed by atoms with van der Waals surface area (Å²) in [6, 6.07) is 2.90. The molecule has 4 heteroatoms. The van der Waals surface area contributed by atoms with Crippen molar-refractivity contribution in [3.05, 3.63) is 23.5 Å². The highest BCUT2D eigenvalue weighted by Gasteiger charge is 2.45. The highest BCUT2D eigenvalue weighted by molar-refractivity contribution is 5.52. The predicted molar refractivity (Wildman–Crippen MR) is 50.5 cm³/mol. The third-order valence-electron chi connectivity index (χ3n) is 2.87. The monoisotopic (exact) mass is 210 g/mol. The molecule has 3 nitrogen and oxygen atoms in total. The lowest BCUT2D eigenvalue weighted by Crippen LogP contribution is -2.19. The van der Waals surface area contributed by atoms with Crippen LogP contribution in [0.5, 0.6) is 11.5 Å². The third kappa shape index (κ3) is 1.28. The summed E-state index contributed by atoms with van der Waals surface area (Å²) >= 11 is 0. The molecule has 1 fully saturated rings. The van der Waals surface area contributed by atoms with Crippen molar-refractivity contribution >= 4 is 0 Å². The van der Waals surface area contributed by atoms with Crippen LogP contribution in [0.25, 0.3) is 0 Å². The van der Waals surface area contributed by atoms with Gasteiger partial charge in [0.25, 0.3) is 0 Å². The van der Waals surface area contributed by atoms with E-state index < -0.39 is 11.4 Å². The summed E-state index contributed by atoms with van der Waals surface area (Å²) in [7, 11) is 0. The van der Waals surface area contributed by atoms with Gasteiger partial charge in [0.05, 0.1) is 5.60 Å². The lowest BCUT2D eigenvalue weighted by molar-refractivity contribution is 0.127. The maximum Gasteiger partial charge on any atom is 0.197 e. The lowest BCUT2D eigenvalue weighted by atomic mass is 10.1. The number of aliphatic hydroxyl groups is 1. The Bertz CT molecular complexity index is 413. The molecular weight excluding hydrogens is 199 g/mol. The van der Waals surface area contributed by atoms with Gasteiger partial charge in [0.1, 0.15) is 13.2 Å². The molecule has 0 saturated heterocycles. The smallest absolute Gasteiger partial charge is 0.197 e. The van der Waals surface area contributed by atoms with Crippen molar-refractivity contribution in [1.82, 2.24) is 0 Å². The molecule has 1 saturated carbocycles. The quantitative estimate of drug-likeness (QED) is 0.764. The topological polar surface area (TPSA) is 38.7 Å². The van der Waals surface area contributed by atoms with Crippen LogP contribution in [0.4, 0.5) is 4.39 Å². The van der Waals surface area contributed by atoms with E-state index >= 15 is 0 Å². The Morgan fingerprint density at radius 1 is 1.13 bits per heavy atom. The van der Waals surface area contributed by atoms with Crippen molar-refractivity contribution in [1.29, 1.82) is 0 Å². The number of fused-ring (bicyclic) bond motifs is 1. The molecule has 1 heterocycles. The summed E-state index contributed by atoms with van der Waals surface area (Å²) in [5.41, 5.74) is -0.169. The molecule has 0 bridgehead atoms. The predicted octanol–water partition coefficient (Wildman–Crippen LogP) is 1.58. The standard InChI is InChI=1S/C11H11FO3/c12-8-2-1-7(11(13)3-4-11)9-10(8)15-6-5-14-9/h1-2,13H,3-6H2. The van der Waals surface area contributed by atoms with Crippen molar-refractivity contribution in [2.45, 2.75) is 18.4 Å². The number of halogens is 1. The zero-order valence-electron chi connectivity index (χ0n) is 8.12. The molecule has 15 heavy (non-hydrogen) atoms. The van der Waals surface area contributed by atoms with Crippen LogP contribution in [0.1, 0.15) is 18.4 Å². The second kappa shape index (κ2) is 2.85. The molecule has 0 spiro atoms. The van der Waals surface area contributed by atoms with Gasteiger partial charge in [-0.3, -0.25) is 0 Å². The first-order valence-corrected chi connectivity index (χ1v) is 5.02. The van der Waals surface area contributed by atoms with Gasteiger partial charge in [-0.1, -0.05) is 0 Å². The van der Waals surface area contributed by atoms with Crippen LogP contribution < -0.4 is 9.47 Å². The van der Waals surface area contributed by atoms with E-state index in [-0.39, 0.29) is 5.75 Å². The van der Waals surface area contributed by atoms with E-state index in [0.717, 1.165) is 0 Å². The average molecular weight is 210 g/mol. The van der Waals surface area contributed by atoms with Crippen molar-refractivity contribution in [3.8, 4) is 11.5 Å². The fourth-order valence-electron chi connectivity index (χ4n) is 1.86. The molecule has 1 aromatic carbocycles. The van der Waals surface area contributed by atoms with Gasteiger partial charge in [0, 0.05) is 5.56 Å². The second-order valence-electron chi connectivity index (χ2n) is 3.98. The van der Waals surface area contributed by atoms with Crippen molar-refractivity contribution in [3.63, 3.8) is 0 Å². The number of hydrogen-bond donors (Lipinski definition) is 1. The second-order valence-corrected chi connectivity index (χ2v) is 3.98. The fraction of sp³-hybridized carbons (Fsp3) is 0.455. The van der Waals surface area contributed by atoms with Gasteiger partial charge in [0.2, 0.25) is 0 Å². The van der Waals surface area contributed by atoms with Gasteiger partial charge in [0.15, 0.2) is 17.3 Å². The zero-order valence-corrected chi connectivity index (χ0v) is 8.12. The Kier molecular flexibility index (Phi) is 1.71. The van der Waals surface area contributed by atoms with Crippen molar-refractivity contribution < 1.29 is 19.0 Å². The highest BCUT2D eigenvalue weighted by Crippen LogP contribution is 2.52. The highest BCUT2D eigenvalue weighted by atomic mass is 19.1. The van der Waals surface area contributed by atoms with Gasteiger partial charge in [-0.25, -0.2) is 4.39 Å². The van der Waals surface area contributed by atoms with Crippen molar-refractivity contribution in [2.75, 3.05) is 13.2 Å². The molecule has 2 aliphatic rings. The number of benzene rings is 1. The van der Waals surface area contributed by atoms with Gasteiger partial charge in [-0.05, 0) is 25.0 Å². The van der Waals surface area contributed by atoms with E-state index in [4.69, 9.17) is 9.47 Å². The van der Waals surface area contributed by atoms with E-state index in [1.54, 1.807) is 6.07 Å². The van der Waals surface area contributed by atoms with E-state index in [9.17, 15) is 9.50 Å². The third-order valence-corrected chi connectivity index (χ3v) is 2.87. The molecule has 0 aromatic heterocycles. The van der Waals surface area contributed by atoms with E-state index in [0.29, 0.717) is 37.4 Å². The Balaban J connectivity index is 2.15. The van der Waals surface area contributed by atoms with Crippen LogP contribution in [0.15, 0.2) is 12.1 Å². The van der Waals surface area contributed by atoms with Gasteiger partial charge in [-0.15, -0.1) is 0 Å². The minimum atomic E-state index is -0.821. The Labute approximate surface area is 86.4 Å².